The first-order chi connectivity index (χ1) is 8.38. The van der Waals surface area contributed by atoms with E-state index in [-0.39, 0.29) is 0 Å². The number of nitrogens with one attached hydrogen (secondary N) is 2. The standard InChI is InChI=1S/C11H15N5O/c1-2-6-17-10-5-3-4-9(7-10)8-12-11-13-15-16-14-11/h3-5,7H,2,6,8H2,1H3,(H2,12,13,14,15,16). The van der Waals surface area contributed by atoms with Crippen molar-refractivity contribution >= 4 is 5.95 Å². The molecule has 6 nitrogen and oxygen atoms in total. The van der Waals surface area contributed by atoms with Gasteiger partial charge in [-0.05, 0) is 29.3 Å². The van der Waals surface area contributed by atoms with Gasteiger partial charge in [0, 0.05) is 6.54 Å². The molecule has 17 heavy (non-hydrogen) atoms. The van der Waals surface area contributed by atoms with Gasteiger partial charge in [-0.15, -0.1) is 5.10 Å². The molecule has 0 radical (unpaired) electrons. The molecule has 0 saturated carbocycles. The molecule has 0 aliphatic rings. The molecule has 0 unspecified atom stereocenters. The Labute approximate surface area is 99.4 Å². The summed E-state index contributed by atoms with van der Waals surface area (Å²) in [6.07, 6.45) is 1.01. The maximum Gasteiger partial charge on any atom is 0.263 e. The first-order valence-corrected chi connectivity index (χ1v) is 5.57. The Morgan fingerprint density at radius 2 is 2.35 bits per heavy atom. The van der Waals surface area contributed by atoms with Crippen LogP contribution < -0.4 is 10.1 Å². The maximum atomic E-state index is 5.56. The van der Waals surface area contributed by atoms with E-state index in [2.05, 4.69) is 32.9 Å². The summed E-state index contributed by atoms with van der Waals surface area (Å²) in [5.41, 5.74) is 1.11. The van der Waals surface area contributed by atoms with E-state index in [0.717, 1.165) is 24.3 Å². The molecule has 0 spiro atoms. The van der Waals surface area contributed by atoms with Crippen LogP contribution in [-0.4, -0.2) is 27.2 Å². The number of tetrazole rings is 1. The van der Waals surface area contributed by atoms with Crippen LogP contribution in [0, 0.1) is 0 Å². The van der Waals surface area contributed by atoms with Gasteiger partial charge in [0.05, 0.1) is 6.61 Å². The third-order valence-corrected chi connectivity index (χ3v) is 2.17. The zero-order valence-corrected chi connectivity index (χ0v) is 9.68. The number of hydrogen-bond donors (Lipinski definition) is 2. The highest BCUT2D eigenvalue weighted by atomic mass is 16.5. The molecule has 0 aliphatic heterocycles. The second-order valence-corrected chi connectivity index (χ2v) is 3.58. The molecule has 90 valence electrons. The fourth-order valence-corrected chi connectivity index (χ4v) is 1.38. The molecule has 0 atom stereocenters. The second-order valence-electron chi connectivity index (χ2n) is 3.58. The minimum Gasteiger partial charge on any atom is -0.494 e. The first-order valence-electron chi connectivity index (χ1n) is 5.57. The van der Waals surface area contributed by atoms with Crippen LogP contribution in [0.1, 0.15) is 18.9 Å². The van der Waals surface area contributed by atoms with Crippen molar-refractivity contribution in [3.8, 4) is 5.75 Å². The quantitative estimate of drug-likeness (QED) is 0.792. The van der Waals surface area contributed by atoms with E-state index < -0.39 is 0 Å². The van der Waals surface area contributed by atoms with Gasteiger partial charge in [-0.25, -0.2) is 0 Å². The minimum atomic E-state index is 0.491. The highest BCUT2D eigenvalue weighted by Crippen LogP contribution is 2.14. The lowest BCUT2D eigenvalue weighted by molar-refractivity contribution is 0.317. The molecule has 0 bridgehead atoms. The van der Waals surface area contributed by atoms with Gasteiger partial charge in [-0.3, -0.25) is 0 Å². The van der Waals surface area contributed by atoms with Crippen LogP contribution in [-0.2, 0) is 6.54 Å². The number of anilines is 1. The normalized spacial score (nSPS) is 10.2. The predicted molar refractivity (Wildman–Crippen MR) is 63.7 cm³/mol. The van der Waals surface area contributed by atoms with Crippen molar-refractivity contribution in [1.82, 2.24) is 20.6 Å². The Morgan fingerprint density at radius 1 is 1.41 bits per heavy atom. The lowest BCUT2D eigenvalue weighted by Gasteiger charge is -2.07. The summed E-state index contributed by atoms with van der Waals surface area (Å²) in [7, 11) is 0. The van der Waals surface area contributed by atoms with Crippen LogP contribution in [0.2, 0.25) is 0 Å². The number of rotatable bonds is 6. The lowest BCUT2D eigenvalue weighted by atomic mass is 10.2. The number of benzene rings is 1. The zero-order valence-electron chi connectivity index (χ0n) is 9.68. The third-order valence-electron chi connectivity index (χ3n) is 2.17. The smallest absolute Gasteiger partial charge is 0.263 e. The van der Waals surface area contributed by atoms with E-state index in [1.807, 2.05) is 24.3 Å². The number of nitrogens with zero attached hydrogens (tertiary/aromatic N) is 3. The summed E-state index contributed by atoms with van der Waals surface area (Å²) in [5, 5.41) is 16.5. The summed E-state index contributed by atoms with van der Waals surface area (Å²) < 4.78 is 5.56. The summed E-state index contributed by atoms with van der Waals surface area (Å²) in [6, 6.07) is 7.94. The maximum absolute atomic E-state index is 5.56. The average Bonchev–Trinajstić information content (AvgIpc) is 2.87. The van der Waals surface area contributed by atoms with E-state index >= 15 is 0 Å². The number of ether oxygens (including phenoxy) is 1. The summed E-state index contributed by atoms with van der Waals surface area (Å²) in [6.45, 7) is 3.46. The lowest BCUT2D eigenvalue weighted by Crippen LogP contribution is -2.02. The molecule has 0 fully saturated rings. The fraction of sp³-hybridized carbons (Fsp3) is 0.364. The van der Waals surface area contributed by atoms with Gasteiger partial charge in [0.25, 0.3) is 5.95 Å². The number of aromatic nitrogens is 4. The van der Waals surface area contributed by atoms with Crippen molar-refractivity contribution in [3.05, 3.63) is 29.8 Å². The van der Waals surface area contributed by atoms with E-state index in [1.165, 1.54) is 0 Å². The molecular weight excluding hydrogens is 218 g/mol. The van der Waals surface area contributed by atoms with Gasteiger partial charge in [-0.2, -0.15) is 5.21 Å². The van der Waals surface area contributed by atoms with Crippen molar-refractivity contribution in [3.63, 3.8) is 0 Å². The van der Waals surface area contributed by atoms with Gasteiger partial charge in [0.15, 0.2) is 0 Å². The molecule has 2 rings (SSSR count). The molecule has 2 N–H and O–H groups in total. The van der Waals surface area contributed by atoms with Crippen molar-refractivity contribution in [2.45, 2.75) is 19.9 Å². The van der Waals surface area contributed by atoms with Crippen LogP contribution in [0.3, 0.4) is 0 Å². The first kappa shape index (κ1) is 11.4. The topological polar surface area (TPSA) is 75.7 Å². The van der Waals surface area contributed by atoms with Gasteiger partial charge in [0.1, 0.15) is 5.75 Å². The monoisotopic (exact) mass is 233 g/mol. The highest BCUT2D eigenvalue weighted by Gasteiger charge is 1.99. The van der Waals surface area contributed by atoms with Crippen molar-refractivity contribution in [2.24, 2.45) is 0 Å². The van der Waals surface area contributed by atoms with Crippen LogP contribution in [0.15, 0.2) is 24.3 Å². The van der Waals surface area contributed by atoms with E-state index in [4.69, 9.17) is 4.74 Å². The number of aromatic amines is 1. The Hall–Kier alpha value is -2.11. The largest absolute Gasteiger partial charge is 0.494 e. The van der Waals surface area contributed by atoms with E-state index in [0.29, 0.717) is 12.5 Å². The highest BCUT2D eigenvalue weighted by molar-refractivity contribution is 5.31. The molecule has 1 heterocycles. The molecule has 2 aromatic rings. The molecule has 0 saturated heterocycles. The molecule has 1 aromatic heterocycles. The van der Waals surface area contributed by atoms with Crippen molar-refractivity contribution in [2.75, 3.05) is 11.9 Å². The van der Waals surface area contributed by atoms with E-state index in [9.17, 15) is 0 Å². The second kappa shape index (κ2) is 5.83. The molecular formula is C11H15N5O. The fourth-order valence-electron chi connectivity index (χ4n) is 1.38. The van der Waals surface area contributed by atoms with Crippen LogP contribution >= 0.6 is 0 Å². The molecule has 0 amide bonds. The van der Waals surface area contributed by atoms with Gasteiger partial charge in [-0.1, -0.05) is 24.2 Å². The Morgan fingerprint density at radius 3 is 3.12 bits per heavy atom. The summed E-state index contributed by atoms with van der Waals surface area (Å²) >= 11 is 0. The average molecular weight is 233 g/mol. The Balaban J connectivity index is 1.91. The minimum absolute atomic E-state index is 0.491. The zero-order chi connectivity index (χ0) is 11.9. The molecule has 6 heteroatoms. The Bertz CT molecular complexity index is 443. The SMILES string of the molecule is CCCOc1cccc(CNc2nn[nH]n2)c1. The van der Waals surface area contributed by atoms with Crippen molar-refractivity contribution in [1.29, 1.82) is 0 Å². The number of hydrogen-bond acceptors (Lipinski definition) is 5. The Kier molecular flexibility index (Phi) is 3.90. The van der Waals surface area contributed by atoms with Crippen LogP contribution in [0.4, 0.5) is 5.95 Å². The van der Waals surface area contributed by atoms with E-state index in [1.54, 1.807) is 0 Å². The van der Waals surface area contributed by atoms with Crippen LogP contribution in [0.5, 0.6) is 5.75 Å². The summed E-state index contributed by atoms with van der Waals surface area (Å²) in [4.78, 5) is 0. The number of H-pyrrole nitrogens is 1. The van der Waals surface area contributed by atoms with Crippen molar-refractivity contribution < 1.29 is 4.74 Å². The van der Waals surface area contributed by atoms with Gasteiger partial charge < -0.3 is 10.1 Å². The van der Waals surface area contributed by atoms with Crippen LogP contribution in [0.25, 0.3) is 0 Å². The predicted octanol–water partition coefficient (Wildman–Crippen LogP) is 1.60. The van der Waals surface area contributed by atoms with Gasteiger partial charge >= 0.3 is 0 Å². The molecule has 0 aliphatic carbocycles. The third kappa shape index (κ3) is 3.44. The van der Waals surface area contributed by atoms with Gasteiger partial charge in [0.2, 0.25) is 0 Å². The molecule has 1 aromatic carbocycles. The summed E-state index contributed by atoms with van der Waals surface area (Å²) in [5.74, 6) is 1.38.